The lowest BCUT2D eigenvalue weighted by Crippen LogP contribution is -2.54. The first-order valence-electron chi connectivity index (χ1n) is 20.7. The molecule has 0 N–H and O–H groups in total. The minimum absolute atomic E-state index is 0.00432. The molecular formula is C49H30F6N4O9. The van der Waals surface area contributed by atoms with Crippen LogP contribution in [0.5, 0.6) is 0 Å². The number of imide groups is 4. The maximum absolute atomic E-state index is 15.4. The molecule has 68 heavy (non-hydrogen) atoms. The summed E-state index contributed by atoms with van der Waals surface area (Å²) in [5.74, 6) is -6.85. The fourth-order valence-corrected chi connectivity index (χ4v) is 9.96. The number of anilines is 2. The van der Waals surface area contributed by atoms with E-state index in [0.29, 0.717) is 40.5 Å². The summed E-state index contributed by atoms with van der Waals surface area (Å²) >= 11 is 0. The molecule has 6 aromatic carbocycles. The van der Waals surface area contributed by atoms with E-state index in [9.17, 15) is 38.4 Å². The largest absolute Gasteiger partial charge is 0.411 e. The SMILES string of the molecule is CCC(COC)N1C(=O)c2ccc3c4c(ccc(c24)C1=O)C(=O)N(c1ccc(C(c2ccc(N4C(=O)c5ccc6c7c(ccc(c57)C4=O)C(=O)N(C)C6=O)cc2)(C(F)(F)F)C(F)(F)F)cc1)C3=O. The summed E-state index contributed by atoms with van der Waals surface area (Å²) < 4.78 is 97.5. The maximum Gasteiger partial charge on any atom is 0.411 e. The van der Waals surface area contributed by atoms with Crippen molar-refractivity contribution in [2.45, 2.75) is 37.2 Å². The zero-order valence-corrected chi connectivity index (χ0v) is 35.5. The van der Waals surface area contributed by atoms with Crippen LogP contribution in [0.1, 0.15) is 107 Å². The molecule has 4 aliphatic rings. The van der Waals surface area contributed by atoms with E-state index in [-0.39, 0.29) is 72.7 Å². The Labute approximate surface area is 379 Å². The van der Waals surface area contributed by atoms with Gasteiger partial charge in [0, 0.05) is 80.2 Å². The Hall–Kier alpha value is -8.06. The molecule has 6 aromatic rings. The normalized spacial score (nSPS) is 16.5. The molecule has 0 saturated carbocycles. The average molecular weight is 933 g/mol. The number of ether oxygens (including phenoxy) is 1. The third kappa shape index (κ3) is 5.61. The summed E-state index contributed by atoms with van der Waals surface area (Å²) in [6.07, 6.45) is -11.8. The first-order chi connectivity index (χ1) is 32.2. The van der Waals surface area contributed by atoms with Gasteiger partial charge in [-0.2, -0.15) is 26.3 Å². The van der Waals surface area contributed by atoms with Crippen LogP contribution in [0.2, 0.25) is 0 Å². The third-order valence-corrected chi connectivity index (χ3v) is 13.2. The molecule has 342 valence electrons. The number of hydrogen-bond acceptors (Lipinski definition) is 9. The Balaban J connectivity index is 1.00. The molecule has 4 aliphatic heterocycles. The van der Waals surface area contributed by atoms with Gasteiger partial charge in [-0.1, -0.05) is 31.2 Å². The number of alkyl halides is 6. The lowest BCUT2D eigenvalue weighted by Gasteiger charge is -2.39. The van der Waals surface area contributed by atoms with E-state index in [1.165, 1.54) is 62.7 Å². The molecule has 0 aromatic heterocycles. The second-order valence-corrected chi connectivity index (χ2v) is 16.5. The van der Waals surface area contributed by atoms with E-state index in [4.69, 9.17) is 4.74 Å². The molecule has 10 rings (SSSR count). The molecule has 1 atom stereocenters. The number of nitrogens with zero attached hydrogens (tertiary/aromatic N) is 4. The van der Waals surface area contributed by atoms with Crippen molar-refractivity contribution in [1.29, 1.82) is 0 Å². The minimum Gasteiger partial charge on any atom is -0.383 e. The quantitative estimate of drug-likeness (QED) is 0.108. The number of carbonyl (C=O) groups is 8. The van der Waals surface area contributed by atoms with E-state index in [1.807, 2.05) is 0 Å². The van der Waals surface area contributed by atoms with Crippen LogP contribution < -0.4 is 9.80 Å². The molecule has 0 radical (unpaired) electrons. The van der Waals surface area contributed by atoms with Crippen molar-refractivity contribution in [3.63, 3.8) is 0 Å². The standard InChI is InChI=1S/C49H30F6N4O9/c1-4-24(21-68-3)57-41(62)29-17-19-33-38-34(20-18-30(37(29)38)42(57)63)46(67)59(45(33)66)26-11-7-23(8-12-26)47(48(50,51)52,49(53,54)55)22-5-9-25(10-6-22)58-43(64)31-15-13-27-35-28(40(61)56(2)39(27)60)14-16-32(36(31)35)44(58)65/h5-20,24H,4,21H2,1-3H3. The number of carbonyl (C=O) groups excluding carboxylic acids is 8. The predicted octanol–water partition coefficient (Wildman–Crippen LogP) is 8.25. The number of amides is 8. The molecule has 4 heterocycles. The van der Waals surface area contributed by atoms with Crippen LogP contribution in [0.4, 0.5) is 37.7 Å². The third-order valence-electron chi connectivity index (χ3n) is 13.2. The number of benzene rings is 6. The fraction of sp³-hybridized carbons (Fsp3) is 0.184. The molecule has 0 bridgehead atoms. The number of rotatable bonds is 8. The lowest BCUT2D eigenvalue weighted by atomic mass is 9.72. The summed E-state index contributed by atoms with van der Waals surface area (Å²) in [5.41, 5.74) is -8.74. The van der Waals surface area contributed by atoms with Crippen LogP contribution in [0.25, 0.3) is 21.5 Å². The number of methoxy groups -OCH3 is 1. The summed E-state index contributed by atoms with van der Waals surface area (Å²) in [7, 11) is 2.67. The van der Waals surface area contributed by atoms with Crippen LogP contribution in [0, 0.1) is 0 Å². The summed E-state index contributed by atoms with van der Waals surface area (Å²) in [6, 6.07) is 14.5. The topological polar surface area (TPSA) is 159 Å². The van der Waals surface area contributed by atoms with Gasteiger partial charge in [0.15, 0.2) is 0 Å². The van der Waals surface area contributed by atoms with Gasteiger partial charge in [0.1, 0.15) is 0 Å². The van der Waals surface area contributed by atoms with Crippen molar-refractivity contribution < 1.29 is 69.4 Å². The Kier molecular flexibility index (Phi) is 9.48. The average Bonchev–Trinajstić information content (AvgIpc) is 3.30. The highest BCUT2D eigenvalue weighted by Crippen LogP contribution is 2.57. The Bertz CT molecular complexity index is 3210. The second-order valence-electron chi connectivity index (χ2n) is 16.5. The molecule has 0 spiro atoms. The smallest absolute Gasteiger partial charge is 0.383 e. The van der Waals surface area contributed by atoms with E-state index in [2.05, 4.69) is 0 Å². The highest BCUT2D eigenvalue weighted by Gasteiger charge is 2.72. The second kappa shape index (κ2) is 14.7. The van der Waals surface area contributed by atoms with Crippen LogP contribution in [-0.4, -0.2) is 96.2 Å². The first kappa shape index (κ1) is 43.8. The Morgan fingerprint density at radius 2 is 0.721 bits per heavy atom. The van der Waals surface area contributed by atoms with Crippen molar-refractivity contribution in [3.8, 4) is 0 Å². The van der Waals surface area contributed by atoms with Crippen molar-refractivity contribution in [2.24, 2.45) is 0 Å². The van der Waals surface area contributed by atoms with Gasteiger partial charge in [0.05, 0.1) is 24.0 Å². The lowest BCUT2D eigenvalue weighted by molar-refractivity contribution is -0.288. The van der Waals surface area contributed by atoms with Gasteiger partial charge < -0.3 is 4.74 Å². The van der Waals surface area contributed by atoms with Gasteiger partial charge in [0.25, 0.3) is 47.3 Å². The number of halogens is 6. The van der Waals surface area contributed by atoms with Gasteiger partial charge in [-0.3, -0.25) is 48.2 Å². The van der Waals surface area contributed by atoms with Crippen LogP contribution >= 0.6 is 0 Å². The van der Waals surface area contributed by atoms with Gasteiger partial charge in [-0.05, 0) is 90.3 Å². The highest BCUT2D eigenvalue weighted by atomic mass is 19.4. The van der Waals surface area contributed by atoms with Crippen molar-refractivity contribution in [1.82, 2.24) is 9.80 Å². The minimum atomic E-state index is -6.10. The van der Waals surface area contributed by atoms with Gasteiger partial charge in [-0.15, -0.1) is 0 Å². The van der Waals surface area contributed by atoms with Crippen molar-refractivity contribution >= 4 is 80.2 Å². The molecule has 1 unspecified atom stereocenters. The summed E-state index contributed by atoms with van der Waals surface area (Å²) in [5, 5.41) is 0.0834. The van der Waals surface area contributed by atoms with Crippen molar-refractivity contribution in [3.05, 3.63) is 153 Å². The van der Waals surface area contributed by atoms with Crippen LogP contribution in [-0.2, 0) is 10.2 Å². The Morgan fingerprint density at radius 3 is 0.985 bits per heavy atom. The molecule has 0 aliphatic carbocycles. The zero-order chi connectivity index (χ0) is 48.7. The van der Waals surface area contributed by atoms with E-state index < -0.39 is 93.6 Å². The first-order valence-corrected chi connectivity index (χ1v) is 20.7. The molecule has 0 saturated heterocycles. The van der Waals surface area contributed by atoms with Gasteiger partial charge in [-0.25, -0.2) is 9.80 Å². The molecule has 8 amide bonds. The van der Waals surface area contributed by atoms with Crippen LogP contribution in [0.3, 0.4) is 0 Å². The predicted molar refractivity (Wildman–Crippen MR) is 229 cm³/mol. The monoisotopic (exact) mass is 932 g/mol. The van der Waals surface area contributed by atoms with Crippen molar-refractivity contribution in [2.75, 3.05) is 30.6 Å². The summed E-state index contributed by atoms with van der Waals surface area (Å²) in [6.45, 7) is 1.80. The molecule has 19 heteroatoms. The van der Waals surface area contributed by atoms with E-state index in [0.717, 1.165) is 34.1 Å². The van der Waals surface area contributed by atoms with Gasteiger partial charge >= 0.3 is 12.4 Å². The molecule has 13 nitrogen and oxygen atoms in total. The summed E-state index contributed by atoms with van der Waals surface area (Å²) in [4.78, 5) is 112. The number of hydrogen-bond donors (Lipinski definition) is 0. The van der Waals surface area contributed by atoms with E-state index >= 15 is 26.3 Å². The highest BCUT2D eigenvalue weighted by molar-refractivity contribution is 6.40. The molecular weight excluding hydrogens is 903 g/mol. The fourth-order valence-electron chi connectivity index (χ4n) is 9.96. The van der Waals surface area contributed by atoms with E-state index in [1.54, 1.807) is 6.92 Å². The maximum atomic E-state index is 15.4. The zero-order valence-electron chi connectivity index (χ0n) is 35.5. The van der Waals surface area contributed by atoms with Gasteiger partial charge in [0.2, 0.25) is 5.41 Å². The van der Waals surface area contributed by atoms with Crippen LogP contribution in [0.15, 0.2) is 97.1 Å². The Morgan fingerprint density at radius 1 is 0.441 bits per heavy atom. The molecule has 0 fully saturated rings.